The smallest absolute Gasteiger partial charge is 0.248 e. The van der Waals surface area contributed by atoms with Crippen molar-refractivity contribution >= 4 is 5.78 Å². The number of hydrogen-bond donors (Lipinski definition) is 0. The van der Waals surface area contributed by atoms with Crippen molar-refractivity contribution in [2.45, 2.75) is 25.3 Å². The summed E-state index contributed by atoms with van der Waals surface area (Å²) in [5.41, 5.74) is -0.409. The summed E-state index contributed by atoms with van der Waals surface area (Å²) in [6.07, 6.45) is 4.41. The molecule has 0 N–H and O–H groups in total. The van der Waals surface area contributed by atoms with Gasteiger partial charge in [0.1, 0.15) is 0 Å². The second-order valence-corrected chi connectivity index (χ2v) is 2.77. The van der Waals surface area contributed by atoms with Crippen LogP contribution < -0.4 is 0 Å². The van der Waals surface area contributed by atoms with Gasteiger partial charge in [-0.05, 0) is 6.08 Å². The van der Waals surface area contributed by atoms with Crippen LogP contribution in [0.2, 0.25) is 0 Å². The minimum absolute atomic E-state index is 0.140. The topological polar surface area (TPSA) is 21.4 Å². The molecule has 0 heterocycles. The van der Waals surface area contributed by atoms with Gasteiger partial charge in [0.15, 0.2) is 5.78 Å². The summed E-state index contributed by atoms with van der Waals surface area (Å²) in [4.78, 5) is 14.1. The average Bonchev–Trinajstić information content (AvgIpc) is 1.96. The first kappa shape index (κ1) is 7.01. The van der Waals surface area contributed by atoms with E-state index in [1.165, 1.54) is 6.08 Å². The van der Waals surface area contributed by atoms with Crippen LogP contribution in [0.3, 0.4) is 0 Å². The number of allylic oxidation sites excluding steroid dienone is 1. The third-order valence-corrected chi connectivity index (χ3v) is 1.76. The van der Waals surface area contributed by atoms with Crippen molar-refractivity contribution in [1.29, 1.82) is 0 Å². The van der Waals surface area contributed by atoms with Gasteiger partial charge < -0.3 is 4.85 Å². The Morgan fingerprint density at radius 3 is 2.90 bits per heavy atom. The molecule has 0 saturated carbocycles. The molecule has 0 aromatic carbocycles. The highest BCUT2D eigenvalue weighted by Crippen LogP contribution is 2.23. The van der Waals surface area contributed by atoms with Gasteiger partial charge in [-0.2, -0.15) is 0 Å². The standard InChI is InChI=1S/C8H9NO/c1-8(9-2)5-3-7(10)4-6-8/h3,5H,4,6H2,1H3. The molecule has 52 valence electrons. The Morgan fingerprint density at radius 2 is 2.50 bits per heavy atom. The Bertz CT molecular complexity index is 224. The summed E-state index contributed by atoms with van der Waals surface area (Å²) in [6.45, 7) is 8.67. The molecule has 1 aliphatic rings. The van der Waals surface area contributed by atoms with Gasteiger partial charge in [-0.15, -0.1) is 0 Å². The zero-order valence-electron chi connectivity index (χ0n) is 5.92. The Morgan fingerprint density at radius 1 is 1.80 bits per heavy atom. The molecule has 2 nitrogen and oxygen atoms in total. The second kappa shape index (κ2) is 2.26. The first-order chi connectivity index (χ1) is 4.66. The van der Waals surface area contributed by atoms with E-state index < -0.39 is 5.54 Å². The van der Waals surface area contributed by atoms with Crippen LogP contribution in [-0.4, -0.2) is 11.3 Å². The predicted octanol–water partition coefficient (Wildman–Crippen LogP) is 1.58. The number of carbonyl (C=O) groups excluding carboxylic acids is 1. The molecule has 0 bridgehead atoms. The van der Waals surface area contributed by atoms with Crippen molar-refractivity contribution in [1.82, 2.24) is 0 Å². The van der Waals surface area contributed by atoms with Crippen molar-refractivity contribution in [2.24, 2.45) is 0 Å². The lowest BCUT2D eigenvalue weighted by Crippen LogP contribution is -2.21. The van der Waals surface area contributed by atoms with Crippen LogP contribution in [0.25, 0.3) is 4.85 Å². The summed E-state index contributed by atoms with van der Waals surface area (Å²) in [7, 11) is 0. The highest BCUT2D eigenvalue weighted by atomic mass is 16.1. The fourth-order valence-electron chi connectivity index (χ4n) is 0.909. The number of hydrogen-bond acceptors (Lipinski definition) is 1. The lowest BCUT2D eigenvalue weighted by molar-refractivity contribution is -0.115. The zero-order valence-corrected chi connectivity index (χ0v) is 5.92. The summed E-state index contributed by atoms with van der Waals surface area (Å²) in [5, 5.41) is 0. The van der Waals surface area contributed by atoms with Gasteiger partial charge in [0.2, 0.25) is 5.54 Å². The van der Waals surface area contributed by atoms with E-state index in [1.807, 2.05) is 6.92 Å². The maximum atomic E-state index is 10.7. The molecule has 1 unspecified atom stereocenters. The van der Waals surface area contributed by atoms with E-state index >= 15 is 0 Å². The van der Waals surface area contributed by atoms with Crippen LogP contribution in [0, 0.1) is 6.57 Å². The fourth-order valence-corrected chi connectivity index (χ4v) is 0.909. The quantitative estimate of drug-likeness (QED) is 0.462. The van der Waals surface area contributed by atoms with E-state index in [1.54, 1.807) is 6.08 Å². The molecular weight excluding hydrogens is 126 g/mol. The minimum Gasteiger partial charge on any atom is -0.306 e. The lowest BCUT2D eigenvalue weighted by atomic mass is 9.90. The summed E-state index contributed by atoms with van der Waals surface area (Å²) >= 11 is 0. The first-order valence-electron chi connectivity index (χ1n) is 3.27. The molecule has 0 spiro atoms. The third-order valence-electron chi connectivity index (χ3n) is 1.76. The molecule has 0 aromatic rings. The van der Waals surface area contributed by atoms with E-state index in [0.29, 0.717) is 12.8 Å². The van der Waals surface area contributed by atoms with Crippen LogP contribution in [0.5, 0.6) is 0 Å². The highest BCUT2D eigenvalue weighted by molar-refractivity contribution is 5.91. The van der Waals surface area contributed by atoms with E-state index in [2.05, 4.69) is 4.85 Å². The Balaban J connectivity index is 2.80. The molecular formula is C8H9NO. The largest absolute Gasteiger partial charge is 0.306 e. The van der Waals surface area contributed by atoms with Crippen molar-refractivity contribution in [2.75, 3.05) is 0 Å². The maximum absolute atomic E-state index is 10.7. The molecule has 1 aliphatic carbocycles. The minimum atomic E-state index is -0.409. The van der Waals surface area contributed by atoms with Gasteiger partial charge in [0, 0.05) is 25.8 Å². The molecule has 0 saturated heterocycles. The van der Waals surface area contributed by atoms with E-state index in [4.69, 9.17) is 6.57 Å². The number of carbonyl (C=O) groups is 1. The number of nitrogens with zero attached hydrogens (tertiary/aromatic N) is 1. The van der Waals surface area contributed by atoms with Gasteiger partial charge in [-0.3, -0.25) is 4.79 Å². The maximum Gasteiger partial charge on any atom is 0.248 e. The van der Waals surface area contributed by atoms with Crippen molar-refractivity contribution in [3.05, 3.63) is 23.6 Å². The third kappa shape index (κ3) is 1.24. The van der Waals surface area contributed by atoms with Gasteiger partial charge in [0.25, 0.3) is 0 Å². The number of rotatable bonds is 0. The van der Waals surface area contributed by atoms with E-state index in [9.17, 15) is 4.79 Å². The summed E-state index contributed by atoms with van der Waals surface area (Å²) < 4.78 is 0. The highest BCUT2D eigenvalue weighted by Gasteiger charge is 2.30. The summed E-state index contributed by atoms with van der Waals surface area (Å²) in [6, 6.07) is 0. The number of ketones is 1. The van der Waals surface area contributed by atoms with Gasteiger partial charge in [0.05, 0.1) is 0 Å². The molecule has 10 heavy (non-hydrogen) atoms. The molecule has 2 heteroatoms. The van der Waals surface area contributed by atoms with E-state index in [-0.39, 0.29) is 5.78 Å². The first-order valence-corrected chi connectivity index (χ1v) is 3.27. The lowest BCUT2D eigenvalue weighted by Gasteiger charge is -2.14. The van der Waals surface area contributed by atoms with Gasteiger partial charge >= 0.3 is 0 Å². The SMILES string of the molecule is [C-]#[N+]C1(C)C=CC(=O)CC1. The molecule has 1 atom stereocenters. The molecule has 0 radical (unpaired) electrons. The Hall–Kier alpha value is -1.10. The second-order valence-electron chi connectivity index (χ2n) is 2.77. The van der Waals surface area contributed by atoms with Crippen molar-refractivity contribution < 1.29 is 4.79 Å². The molecule has 0 fully saturated rings. The zero-order chi connectivity index (χ0) is 7.61. The van der Waals surface area contributed by atoms with E-state index in [0.717, 1.165) is 0 Å². The van der Waals surface area contributed by atoms with Gasteiger partial charge in [-0.1, -0.05) is 0 Å². The van der Waals surface area contributed by atoms with Crippen LogP contribution in [-0.2, 0) is 4.79 Å². The predicted molar refractivity (Wildman–Crippen MR) is 38.4 cm³/mol. The van der Waals surface area contributed by atoms with Gasteiger partial charge in [-0.25, -0.2) is 6.57 Å². The molecule has 1 rings (SSSR count). The normalized spacial score (nSPS) is 31.8. The molecule has 0 aliphatic heterocycles. The molecule has 0 aromatic heterocycles. The van der Waals surface area contributed by atoms with Crippen LogP contribution >= 0.6 is 0 Å². The fraction of sp³-hybridized carbons (Fsp3) is 0.500. The van der Waals surface area contributed by atoms with Crippen LogP contribution in [0.15, 0.2) is 12.2 Å². The van der Waals surface area contributed by atoms with Crippen molar-refractivity contribution in [3.8, 4) is 0 Å². The average molecular weight is 135 g/mol. The van der Waals surface area contributed by atoms with Crippen LogP contribution in [0.1, 0.15) is 19.8 Å². The van der Waals surface area contributed by atoms with Crippen molar-refractivity contribution in [3.63, 3.8) is 0 Å². The Kier molecular flexibility index (Phi) is 1.58. The Labute approximate surface area is 60.4 Å². The molecule has 0 amide bonds. The van der Waals surface area contributed by atoms with Crippen LogP contribution in [0.4, 0.5) is 0 Å². The monoisotopic (exact) mass is 135 g/mol. The summed E-state index contributed by atoms with van der Waals surface area (Å²) in [5.74, 6) is 0.140.